The number of amides is 1. The highest BCUT2D eigenvalue weighted by Gasteiger charge is 2.25. The molecule has 4 aromatic heterocycles. The van der Waals surface area contributed by atoms with Crippen molar-refractivity contribution in [3.63, 3.8) is 0 Å². The number of carboxylic acid groups (broad SMARTS) is 1. The molecule has 0 saturated heterocycles. The highest BCUT2D eigenvalue weighted by Crippen LogP contribution is 2.38. The fraction of sp³-hybridized carbons (Fsp3) is 0.400. The highest BCUT2D eigenvalue weighted by atomic mass is 16.4. The lowest BCUT2D eigenvalue weighted by atomic mass is 9.87. The Morgan fingerprint density at radius 3 is 2.76 bits per heavy atom. The summed E-state index contributed by atoms with van der Waals surface area (Å²) in [6, 6.07) is 6.24. The maximum absolute atomic E-state index is 11.3. The van der Waals surface area contributed by atoms with Gasteiger partial charge in [-0.1, -0.05) is 13.0 Å². The number of aromatic nitrogens is 5. The molecule has 5 heterocycles. The summed E-state index contributed by atoms with van der Waals surface area (Å²) < 4.78 is 2.36. The van der Waals surface area contributed by atoms with Gasteiger partial charge in [-0.05, 0) is 49.3 Å². The summed E-state index contributed by atoms with van der Waals surface area (Å²) in [6.45, 7) is 3.16. The molecule has 0 bridgehead atoms. The fourth-order valence-corrected chi connectivity index (χ4v) is 5.36. The van der Waals surface area contributed by atoms with Crippen LogP contribution in [0.4, 0.5) is 16.6 Å². The maximum Gasteiger partial charge on any atom is 0.407 e. The third-order valence-electron chi connectivity index (χ3n) is 7.26. The molecule has 1 saturated carbocycles. The molecule has 0 spiro atoms. The number of nitrogens with one attached hydrogen (secondary N) is 1. The predicted molar refractivity (Wildman–Crippen MR) is 129 cm³/mol. The molecule has 1 aliphatic carbocycles. The van der Waals surface area contributed by atoms with E-state index in [4.69, 9.17) is 9.97 Å². The maximum atomic E-state index is 11.3. The van der Waals surface area contributed by atoms with Crippen LogP contribution in [0.5, 0.6) is 0 Å². The minimum atomic E-state index is -0.896. The minimum Gasteiger partial charge on any atom is -0.465 e. The Kier molecular flexibility index (Phi) is 5.04. The van der Waals surface area contributed by atoms with E-state index < -0.39 is 6.09 Å². The average Bonchev–Trinajstić information content (AvgIpc) is 3.18. The van der Waals surface area contributed by atoms with Gasteiger partial charge in [0.15, 0.2) is 0 Å². The Balaban J connectivity index is 1.35. The molecule has 1 fully saturated rings. The van der Waals surface area contributed by atoms with Gasteiger partial charge in [-0.2, -0.15) is 4.98 Å². The van der Waals surface area contributed by atoms with E-state index >= 15 is 0 Å². The molecular weight excluding hydrogens is 430 g/mol. The molecule has 2 aliphatic rings. The molecule has 1 aliphatic heterocycles. The molecule has 1 amide bonds. The lowest BCUT2D eigenvalue weighted by Gasteiger charge is -2.28. The number of anilines is 2. The van der Waals surface area contributed by atoms with E-state index in [2.05, 4.69) is 26.8 Å². The first-order chi connectivity index (χ1) is 16.6. The van der Waals surface area contributed by atoms with Crippen molar-refractivity contribution in [1.29, 1.82) is 0 Å². The van der Waals surface area contributed by atoms with Crippen LogP contribution in [0.3, 0.4) is 0 Å². The Hall–Kier alpha value is -3.75. The van der Waals surface area contributed by atoms with Crippen LogP contribution in [-0.4, -0.2) is 47.1 Å². The normalized spacial score (nSPS) is 20.4. The van der Waals surface area contributed by atoms with Gasteiger partial charge in [-0.25, -0.2) is 14.8 Å². The van der Waals surface area contributed by atoms with Crippen molar-refractivity contribution in [3.8, 4) is 0 Å². The van der Waals surface area contributed by atoms with E-state index in [0.29, 0.717) is 37.3 Å². The number of rotatable bonds is 3. The number of nitrogens with zero attached hydrogens (tertiary/aromatic N) is 6. The van der Waals surface area contributed by atoms with E-state index in [0.717, 1.165) is 52.0 Å². The lowest BCUT2D eigenvalue weighted by molar-refractivity contribution is 0.139. The van der Waals surface area contributed by atoms with Gasteiger partial charge in [0.25, 0.3) is 0 Å². The van der Waals surface area contributed by atoms with E-state index in [-0.39, 0.29) is 0 Å². The number of carbonyl (C=O) groups is 1. The summed E-state index contributed by atoms with van der Waals surface area (Å²) in [7, 11) is 0. The largest absolute Gasteiger partial charge is 0.465 e. The first-order valence-corrected chi connectivity index (χ1v) is 11.9. The molecule has 174 valence electrons. The van der Waals surface area contributed by atoms with Crippen LogP contribution in [-0.2, 0) is 13.0 Å². The number of hydrogen-bond donors (Lipinski definition) is 2. The van der Waals surface area contributed by atoms with Crippen molar-refractivity contribution in [2.24, 2.45) is 5.92 Å². The van der Waals surface area contributed by atoms with E-state index in [9.17, 15) is 9.90 Å². The van der Waals surface area contributed by atoms with Crippen LogP contribution in [0.25, 0.3) is 21.9 Å². The van der Waals surface area contributed by atoms with Crippen LogP contribution in [0, 0.1) is 5.92 Å². The first kappa shape index (κ1) is 20.8. The van der Waals surface area contributed by atoms with Gasteiger partial charge >= 0.3 is 6.09 Å². The van der Waals surface area contributed by atoms with E-state index in [1.807, 2.05) is 36.8 Å². The molecule has 0 unspecified atom stereocenters. The molecule has 0 aromatic carbocycles. The fourth-order valence-electron chi connectivity index (χ4n) is 5.36. The van der Waals surface area contributed by atoms with Crippen LogP contribution in [0.2, 0.25) is 0 Å². The predicted octanol–water partition coefficient (Wildman–Crippen LogP) is 4.91. The van der Waals surface area contributed by atoms with Gasteiger partial charge in [0.1, 0.15) is 11.5 Å². The van der Waals surface area contributed by atoms with Gasteiger partial charge in [0.05, 0.1) is 18.3 Å². The Labute approximate surface area is 196 Å². The smallest absolute Gasteiger partial charge is 0.407 e. The van der Waals surface area contributed by atoms with Crippen LogP contribution in [0.15, 0.2) is 36.8 Å². The summed E-state index contributed by atoms with van der Waals surface area (Å²) in [6.07, 6.45) is 10.1. The summed E-state index contributed by atoms with van der Waals surface area (Å²) in [5.41, 5.74) is 3.89. The van der Waals surface area contributed by atoms with Crippen LogP contribution in [0.1, 0.15) is 49.9 Å². The minimum absolute atomic E-state index is 0.370. The molecule has 2 N–H and O–H groups in total. The topological polar surface area (TPSA) is 109 Å². The van der Waals surface area contributed by atoms with Crippen LogP contribution < -0.4 is 5.32 Å². The van der Waals surface area contributed by atoms with Gasteiger partial charge in [0.2, 0.25) is 5.95 Å². The van der Waals surface area contributed by atoms with Gasteiger partial charge < -0.3 is 19.9 Å². The quantitative estimate of drug-likeness (QED) is 0.450. The first-order valence-electron chi connectivity index (χ1n) is 11.9. The van der Waals surface area contributed by atoms with Gasteiger partial charge in [-0.3, -0.25) is 4.98 Å². The molecule has 4 aromatic rings. The van der Waals surface area contributed by atoms with Crippen molar-refractivity contribution >= 4 is 39.8 Å². The van der Waals surface area contributed by atoms with Crippen molar-refractivity contribution in [3.05, 3.63) is 48.0 Å². The summed E-state index contributed by atoms with van der Waals surface area (Å²) in [5, 5.41) is 14.7. The molecule has 9 nitrogen and oxygen atoms in total. The second kappa shape index (κ2) is 8.23. The van der Waals surface area contributed by atoms with Gasteiger partial charge in [-0.15, -0.1) is 0 Å². The Morgan fingerprint density at radius 2 is 1.94 bits per heavy atom. The Bertz CT molecular complexity index is 1390. The summed E-state index contributed by atoms with van der Waals surface area (Å²) in [4.78, 5) is 31.3. The number of fused-ring (bicyclic) bond motifs is 4. The molecular formula is C25H27N7O2. The zero-order valence-electron chi connectivity index (χ0n) is 19.1. The highest BCUT2D eigenvalue weighted by molar-refractivity contribution is 6.06. The van der Waals surface area contributed by atoms with E-state index in [1.54, 1.807) is 0 Å². The standard InChI is InChI=1S/C25H27N7O2/c1-15-2-5-17(6-3-15)32-21-13-26-10-8-18(21)19-12-27-24(30-23(19)32)29-22-7-4-16-14-31(25(33)34)11-9-20(16)28-22/h4,7-8,10,12-13,15,17H,2-3,5-6,9,11,14H2,1H3,(H,33,34)(H,27,28,29,30). The monoisotopic (exact) mass is 457 g/mol. The lowest BCUT2D eigenvalue weighted by Crippen LogP contribution is -2.35. The van der Waals surface area contributed by atoms with Crippen molar-refractivity contribution < 1.29 is 9.90 Å². The molecule has 0 radical (unpaired) electrons. The second-order valence-corrected chi connectivity index (χ2v) is 9.49. The number of hydrogen-bond acceptors (Lipinski definition) is 6. The summed E-state index contributed by atoms with van der Waals surface area (Å²) in [5.74, 6) is 1.94. The summed E-state index contributed by atoms with van der Waals surface area (Å²) >= 11 is 0. The van der Waals surface area contributed by atoms with E-state index in [1.165, 1.54) is 17.7 Å². The zero-order chi connectivity index (χ0) is 23.2. The zero-order valence-corrected chi connectivity index (χ0v) is 19.1. The molecule has 0 atom stereocenters. The number of pyridine rings is 2. The van der Waals surface area contributed by atoms with Crippen molar-refractivity contribution in [2.75, 3.05) is 11.9 Å². The molecule has 6 rings (SSSR count). The van der Waals surface area contributed by atoms with Crippen LogP contribution >= 0.6 is 0 Å². The Morgan fingerprint density at radius 1 is 1.09 bits per heavy atom. The SMILES string of the molecule is CC1CCC(n2c3cnccc3c3cnc(Nc4ccc5c(n4)CCN(C(=O)O)C5)nc32)CC1. The third-order valence-corrected chi connectivity index (χ3v) is 7.26. The molecule has 9 heteroatoms. The van der Waals surface area contributed by atoms with Crippen molar-refractivity contribution in [2.45, 2.75) is 51.6 Å². The van der Waals surface area contributed by atoms with Gasteiger partial charge in [0, 0.05) is 47.9 Å². The third kappa shape index (κ3) is 3.61. The second-order valence-electron chi connectivity index (χ2n) is 9.49. The average molecular weight is 458 g/mol. The van der Waals surface area contributed by atoms with Crippen molar-refractivity contribution in [1.82, 2.24) is 29.4 Å². The molecule has 34 heavy (non-hydrogen) atoms.